The van der Waals surface area contributed by atoms with Gasteiger partial charge in [0.1, 0.15) is 5.78 Å². The summed E-state index contributed by atoms with van der Waals surface area (Å²) in [6, 6.07) is 20.8. The lowest BCUT2D eigenvalue weighted by Gasteiger charge is -1.98. The van der Waals surface area contributed by atoms with Crippen LogP contribution in [0.4, 0.5) is 0 Å². The Labute approximate surface area is 108 Å². The van der Waals surface area contributed by atoms with Gasteiger partial charge in [0.05, 0.1) is 0 Å². The topological polar surface area (TPSA) is 17.1 Å². The lowest BCUT2D eigenvalue weighted by atomic mass is 10.1. The molecule has 0 unspecified atom stereocenters. The molecule has 0 bridgehead atoms. The Morgan fingerprint density at radius 2 is 1.22 bits per heavy atom. The molecule has 0 amide bonds. The van der Waals surface area contributed by atoms with E-state index in [1.807, 2.05) is 12.1 Å². The van der Waals surface area contributed by atoms with Gasteiger partial charge in [0.15, 0.2) is 0 Å². The minimum absolute atomic E-state index is 0.370. The van der Waals surface area contributed by atoms with Gasteiger partial charge in [-0.25, -0.2) is 0 Å². The number of rotatable bonds is 2. The summed E-state index contributed by atoms with van der Waals surface area (Å²) in [4.78, 5) is 10.2. The highest BCUT2D eigenvalue weighted by Crippen LogP contribution is 2.29. The molecular weight excluding hydrogens is 220 g/mol. The first kappa shape index (κ1) is 12.6. The zero-order valence-corrected chi connectivity index (χ0v) is 10.7. The van der Waals surface area contributed by atoms with Crippen LogP contribution in [0.15, 0.2) is 60.7 Å². The zero-order chi connectivity index (χ0) is 12.8. The van der Waals surface area contributed by atoms with Gasteiger partial charge in [-0.05, 0) is 30.9 Å². The molecule has 92 valence electrons. The molecule has 0 spiro atoms. The quantitative estimate of drug-likeness (QED) is 0.760. The van der Waals surface area contributed by atoms with Gasteiger partial charge in [0.2, 0.25) is 0 Å². The Kier molecular flexibility index (Phi) is 4.30. The average molecular weight is 238 g/mol. The Balaban J connectivity index is 0.000000169. The predicted octanol–water partition coefficient (Wildman–Crippen LogP) is 4.34. The highest BCUT2D eigenvalue weighted by atomic mass is 16.1. The van der Waals surface area contributed by atoms with Gasteiger partial charge < -0.3 is 0 Å². The van der Waals surface area contributed by atoms with Crippen LogP contribution < -0.4 is 0 Å². The first-order valence-electron chi connectivity index (χ1n) is 6.38. The molecule has 2 aromatic carbocycles. The van der Waals surface area contributed by atoms with E-state index in [9.17, 15) is 4.79 Å². The van der Waals surface area contributed by atoms with Crippen LogP contribution in [0.3, 0.4) is 0 Å². The van der Waals surface area contributed by atoms with Crippen molar-refractivity contribution in [1.82, 2.24) is 0 Å². The van der Waals surface area contributed by atoms with Crippen LogP contribution in [0, 0.1) is 5.92 Å². The molecule has 0 N–H and O–H groups in total. The van der Waals surface area contributed by atoms with Gasteiger partial charge in [0, 0.05) is 5.92 Å². The number of benzene rings is 2. The maximum atomic E-state index is 10.2. The third-order valence-corrected chi connectivity index (χ3v) is 3.03. The summed E-state index contributed by atoms with van der Waals surface area (Å²) >= 11 is 0. The minimum Gasteiger partial charge on any atom is -0.300 e. The summed E-state index contributed by atoms with van der Waals surface area (Å²) in [7, 11) is 0. The molecule has 3 rings (SSSR count). The molecule has 0 aliphatic heterocycles. The number of hydrogen-bond acceptors (Lipinski definition) is 1. The van der Waals surface area contributed by atoms with E-state index in [0.717, 1.165) is 12.8 Å². The molecule has 1 aliphatic rings. The Hall–Kier alpha value is -1.89. The molecule has 0 aromatic heterocycles. The van der Waals surface area contributed by atoms with Crippen molar-refractivity contribution in [2.75, 3.05) is 0 Å². The van der Waals surface area contributed by atoms with Crippen molar-refractivity contribution < 1.29 is 4.79 Å². The fourth-order valence-corrected chi connectivity index (χ4v) is 1.75. The lowest BCUT2D eigenvalue weighted by Crippen LogP contribution is -1.88. The molecule has 1 nitrogen and oxygen atoms in total. The van der Waals surface area contributed by atoms with Crippen LogP contribution in [-0.2, 0) is 4.79 Å². The number of ketones is 1. The van der Waals surface area contributed by atoms with E-state index in [1.165, 1.54) is 11.1 Å². The Morgan fingerprint density at radius 1 is 0.833 bits per heavy atom. The van der Waals surface area contributed by atoms with Crippen molar-refractivity contribution in [1.29, 1.82) is 0 Å². The van der Waals surface area contributed by atoms with Gasteiger partial charge in [-0.3, -0.25) is 4.79 Å². The molecule has 0 atom stereocenters. The van der Waals surface area contributed by atoms with E-state index in [-0.39, 0.29) is 0 Å². The summed E-state index contributed by atoms with van der Waals surface area (Å²) < 4.78 is 0. The number of carbonyl (C=O) groups is 1. The van der Waals surface area contributed by atoms with E-state index >= 15 is 0 Å². The van der Waals surface area contributed by atoms with E-state index in [1.54, 1.807) is 6.92 Å². The second kappa shape index (κ2) is 6.15. The number of hydrogen-bond donors (Lipinski definition) is 0. The molecular formula is C17H18O. The van der Waals surface area contributed by atoms with Gasteiger partial charge >= 0.3 is 0 Å². The maximum Gasteiger partial charge on any atom is 0.132 e. The van der Waals surface area contributed by atoms with E-state index in [0.29, 0.717) is 11.7 Å². The fourth-order valence-electron chi connectivity index (χ4n) is 1.75. The standard InChI is InChI=1S/C12H10.C5H8O/c1-3-7-11(8-4-1)12-9-5-2-6-10-12;1-4(6)5-2-3-5/h1-10H;5H,2-3H2,1H3. The molecule has 1 heteroatoms. The smallest absolute Gasteiger partial charge is 0.132 e. The first-order chi connectivity index (χ1) is 8.77. The monoisotopic (exact) mass is 238 g/mol. The van der Waals surface area contributed by atoms with Crippen molar-refractivity contribution in [2.45, 2.75) is 19.8 Å². The first-order valence-corrected chi connectivity index (χ1v) is 6.38. The molecule has 1 aliphatic carbocycles. The van der Waals surface area contributed by atoms with Crippen molar-refractivity contribution in [3.8, 4) is 11.1 Å². The van der Waals surface area contributed by atoms with Gasteiger partial charge in [-0.1, -0.05) is 60.7 Å². The summed E-state index contributed by atoms with van der Waals surface area (Å²) in [5.41, 5.74) is 2.55. The normalized spacial score (nSPS) is 13.4. The lowest BCUT2D eigenvalue weighted by molar-refractivity contribution is -0.118. The largest absolute Gasteiger partial charge is 0.300 e. The van der Waals surface area contributed by atoms with Crippen LogP contribution in [0.1, 0.15) is 19.8 Å². The molecule has 0 heterocycles. The summed E-state index contributed by atoms with van der Waals surface area (Å²) in [6.07, 6.45) is 2.30. The minimum atomic E-state index is 0.370. The summed E-state index contributed by atoms with van der Waals surface area (Å²) in [6.45, 7) is 1.66. The SMILES string of the molecule is CC(=O)C1CC1.c1ccc(-c2ccccc2)cc1. The van der Waals surface area contributed by atoms with Gasteiger partial charge in [-0.15, -0.1) is 0 Å². The van der Waals surface area contributed by atoms with Gasteiger partial charge in [-0.2, -0.15) is 0 Å². The predicted molar refractivity (Wildman–Crippen MR) is 75.3 cm³/mol. The summed E-state index contributed by atoms with van der Waals surface area (Å²) in [5.74, 6) is 0.833. The third-order valence-electron chi connectivity index (χ3n) is 3.03. The third kappa shape index (κ3) is 3.85. The molecule has 0 saturated heterocycles. The van der Waals surface area contributed by atoms with Crippen LogP contribution in [0.25, 0.3) is 11.1 Å². The van der Waals surface area contributed by atoms with Crippen LogP contribution >= 0.6 is 0 Å². The Morgan fingerprint density at radius 3 is 1.44 bits per heavy atom. The van der Waals surface area contributed by atoms with Crippen molar-refractivity contribution >= 4 is 5.78 Å². The molecule has 0 radical (unpaired) electrons. The molecule has 1 fully saturated rings. The second-order valence-electron chi connectivity index (χ2n) is 4.62. The maximum absolute atomic E-state index is 10.2. The number of carbonyl (C=O) groups excluding carboxylic acids is 1. The average Bonchev–Trinajstić information content (AvgIpc) is 3.26. The second-order valence-corrected chi connectivity index (χ2v) is 4.62. The highest BCUT2D eigenvalue weighted by molar-refractivity contribution is 5.80. The van der Waals surface area contributed by atoms with E-state index in [2.05, 4.69) is 48.5 Å². The highest BCUT2D eigenvalue weighted by Gasteiger charge is 2.25. The van der Waals surface area contributed by atoms with Crippen LogP contribution in [0.5, 0.6) is 0 Å². The van der Waals surface area contributed by atoms with Crippen molar-refractivity contribution in [3.05, 3.63) is 60.7 Å². The van der Waals surface area contributed by atoms with Crippen LogP contribution in [0.2, 0.25) is 0 Å². The number of Topliss-reactive ketones (excluding diaryl/α,β-unsaturated/α-hetero) is 1. The molecule has 18 heavy (non-hydrogen) atoms. The molecule has 1 saturated carbocycles. The fraction of sp³-hybridized carbons (Fsp3) is 0.235. The van der Waals surface area contributed by atoms with Crippen molar-refractivity contribution in [3.63, 3.8) is 0 Å². The molecule has 2 aromatic rings. The zero-order valence-electron chi connectivity index (χ0n) is 10.7. The van der Waals surface area contributed by atoms with Crippen LogP contribution in [-0.4, -0.2) is 5.78 Å². The van der Waals surface area contributed by atoms with E-state index in [4.69, 9.17) is 0 Å². The van der Waals surface area contributed by atoms with E-state index < -0.39 is 0 Å². The van der Waals surface area contributed by atoms with Gasteiger partial charge in [0.25, 0.3) is 0 Å². The Bertz CT molecular complexity index is 446. The summed E-state index contributed by atoms with van der Waals surface area (Å²) in [5, 5.41) is 0. The van der Waals surface area contributed by atoms with Crippen molar-refractivity contribution in [2.24, 2.45) is 5.92 Å².